The summed E-state index contributed by atoms with van der Waals surface area (Å²) in [4.78, 5) is 14.8. The van der Waals surface area contributed by atoms with Crippen molar-refractivity contribution in [3.8, 4) is 22.3 Å². The molecule has 0 saturated carbocycles. The molecule has 3 heteroatoms. The Hall–Kier alpha value is -4.63. The van der Waals surface area contributed by atoms with Crippen LogP contribution in [0.5, 0.6) is 0 Å². The van der Waals surface area contributed by atoms with Crippen LogP contribution >= 0.6 is 0 Å². The van der Waals surface area contributed by atoms with Crippen molar-refractivity contribution in [2.75, 3.05) is 0 Å². The van der Waals surface area contributed by atoms with Crippen molar-refractivity contribution in [1.82, 2.24) is 4.98 Å². The number of aryl methyl sites for hydroxylation is 2. The fraction of sp³-hybridized carbons (Fsp3) is 0.162. The second kappa shape index (κ2) is 13.4. The maximum absolute atomic E-state index is 4.99. The predicted molar refractivity (Wildman–Crippen MR) is 170 cm³/mol. The van der Waals surface area contributed by atoms with E-state index in [9.17, 15) is 0 Å². The van der Waals surface area contributed by atoms with Gasteiger partial charge in [-0.1, -0.05) is 130 Å². The molecule has 0 unspecified atom stereocenters. The molecule has 0 aliphatic heterocycles. The maximum Gasteiger partial charge on any atom is 0.0820 e. The van der Waals surface area contributed by atoms with Crippen molar-refractivity contribution in [3.63, 3.8) is 0 Å². The van der Waals surface area contributed by atoms with E-state index in [-0.39, 0.29) is 0 Å². The zero-order chi connectivity index (χ0) is 27.6. The molecule has 3 nitrogen and oxygen atoms in total. The summed E-state index contributed by atoms with van der Waals surface area (Å²) in [5.41, 5.74) is 10.7. The van der Waals surface area contributed by atoms with E-state index in [0.717, 1.165) is 59.6 Å². The van der Waals surface area contributed by atoms with Gasteiger partial charge < -0.3 is 0 Å². The first kappa shape index (κ1) is 27.0. The zero-order valence-electron chi connectivity index (χ0n) is 23.3. The van der Waals surface area contributed by atoms with E-state index >= 15 is 0 Å². The quantitative estimate of drug-likeness (QED) is 0.169. The standard InChI is InChI=1S/C37H35N3/c1-3-14-30-20-11-24-34(28-16-7-5-8-17-28)36(30)38-26-32-22-13-23-33(40-32)27-39-37-31(15-4-2)21-12-25-35(37)29-18-9-6-10-19-29/h5-13,16-27H,3-4,14-15H2,1-2H3. The lowest BCUT2D eigenvalue weighted by atomic mass is 9.98. The summed E-state index contributed by atoms with van der Waals surface area (Å²) >= 11 is 0. The lowest BCUT2D eigenvalue weighted by molar-refractivity contribution is 0.922. The highest BCUT2D eigenvalue weighted by Crippen LogP contribution is 2.35. The molecule has 5 rings (SSSR count). The van der Waals surface area contributed by atoms with Crippen LogP contribution in [0.1, 0.15) is 49.2 Å². The maximum atomic E-state index is 4.99. The highest BCUT2D eigenvalue weighted by molar-refractivity contribution is 5.89. The van der Waals surface area contributed by atoms with Crippen molar-refractivity contribution < 1.29 is 0 Å². The van der Waals surface area contributed by atoms with E-state index < -0.39 is 0 Å². The summed E-state index contributed by atoms with van der Waals surface area (Å²) in [6.07, 6.45) is 7.84. The van der Waals surface area contributed by atoms with E-state index in [2.05, 4.69) is 98.8 Å². The van der Waals surface area contributed by atoms with Crippen LogP contribution < -0.4 is 0 Å². The second-order valence-electron chi connectivity index (χ2n) is 9.86. The Labute approximate surface area is 238 Å². The fourth-order valence-electron chi connectivity index (χ4n) is 5.01. The molecule has 0 bridgehead atoms. The lowest BCUT2D eigenvalue weighted by Crippen LogP contribution is -1.95. The van der Waals surface area contributed by atoms with Gasteiger partial charge in [0.1, 0.15) is 0 Å². The van der Waals surface area contributed by atoms with Crippen LogP contribution in [0.2, 0.25) is 0 Å². The number of nitrogens with zero attached hydrogens (tertiary/aromatic N) is 3. The molecular weight excluding hydrogens is 486 g/mol. The Morgan fingerprint density at radius 3 is 1.35 bits per heavy atom. The molecule has 0 atom stereocenters. The average Bonchev–Trinajstić information content (AvgIpc) is 3.01. The lowest BCUT2D eigenvalue weighted by Gasteiger charge is -2.11. The summed E-state index contributed by atoms with van der Waals surface area (Å²) in [5.74, 6) is 0. The van der Waals surface area contributed by atoms with Gasteiger partial charge in [-0.05, 0) is 47.2 Å². The number of pyridine rings is 1. The van der Waals surface area contributed by atoms with Gasteiger partial charge in [-0.3, -0.25) is 9.98 Å². The molecule has 0 saturated heterocycles. The van der Waals surface area contributed by atoms with Crippen molar-refractivity contribution in [1.29, 1.82) is 0 Å². The highest BCUT2D eigenvalue weighted by Gasteiger charge is 2.10. The van der Waals surface area contributed by atoms with E-state index in [4.69, 9.17) is 15.0 Å². The van der Waals surface area contributed by atoms with Gasteiger partial charge in [-0.15, -0.1) is 0 Å². The van der Waals surface area contributed by atoms with Gasteiger partial charge in [0.25, 0.3) is 0 Å². The second-order valence-corrected chi connectivity index (χ2v) is 9.86. The monoisotopic (exact) mass is 521 g/mol. The molecule has 0 radical (unpaired) electrons. The van der Waals surface area contributed by atoms with Crippen molar-refractivity contribution >= 4 is 23.8 Å². The minimum absolute atomic E-state index is 0.805. The average molecular weight is 522 g/mol. The van der Waals surface area contributed by atoms with Gasteiger partial charge >= 0.3 is 0 Å². The van der Waals surface area contributed by atoms with Crippen LogP contribution in [0.15, 0.2) is 125 Å². The van der Waals surface area contributed by atoms with E-state index in [1.54, 1.807) is 0 Å². The normalized spacial score (nSPS) is 11.4. The van der Waals surface area contributed by atoms with Crippen LogP contribution in [0.3, 0.4) is 0 Å². The minimum Gasteiger partial charge on any atom is -0.254 e. The summed E-state index contributed by atoms with van der Waals surface area (Å²) in [7, 11) is 0. The van der Waals surface area contributed by atoms with Crippen LogP contribution in [0.25, 0.3) is 22.3 Å². The van der Waals surface area contributed by atoms with E-state index in [1.807, 2.05) is 42.8 Å². The largest absolute Gasteiger partial charge is 0.254 e. The molecule has 198 valence electrons. The molecule has 0 spiro atoms. The Morgan fingerprint density at radius 2 is 0.925 bits per heavy atom. The highest BCUT2D eigenvalue weighted by atomic mass is 14.8. The van der Waals surface area contributed by atoms with Crippen molar-refractivity contribution in [2.24, 2.45) is 9.98 Å². The van der Waals surface area contributed by atoms with Gasteiger partial charge in [0.2, 0.25) is 0 Å². The Bertz CT molecular complexity index is 1480. The summed E-state index contributed by atoms with van der Waals surface area (Å²) in [6, 6.07) is 39.8. The summed E-state index contributed by atoms with van der Waals surface area (Å²) < 4.78 is 0. The topological polar surface area (TPSA) is 37.6 Å². The number of aliphatic imine (C=N–C) groups is 2. The van der Waals surface area contributed by atoms with Crippen LogP contribution in [0, 0.1) is 0 Å². The van der Waals surface area contributed by atoms with E-state index in [0.29, 0.717) is 0 Å². The summed E-state index contributed by atoms with van der Waals surface area (Å²) in [5, 5.41) is 0. The fourth-order valence-corrected chi connectivity index (χ4v) is 5.01. The number of hydrogen-bond acceptors (Lipinski definition) is 3. The molecule has 1 heterocycles. The van der Waals surface area contributed by atoms with Gasteiger partial charge in [0.15, 0.2) is 0 Å². The van der Waals surface area contributed by atoms with Gasteiger partial charge in [0, 0.05) is 11.1 Å². The van der Waals surface area contributed by atoms with Gasteiger partial charge in [-0.2, -0.15) is 0 Å². The predicted octanol–water partition coefficient (Wildman–Crippen LogP) is 9.82. The molecule has 0 amide bonds. The SMILES string of the molecule is CCCc1cccc(-c2ccccc2)c1N=Cc1cccc(C=Nc2c(CCC)cccc2-c2ccccc2)n1. The Kier molecular flexibility index (Phi) is 9.06. The first-order valence-corrected chi connectivity index (χ1v) is 14.2. The third-order valence-corrected chi connectivity index (χ3v) is 6.89. The van der Waals surface area contributed by atoms with Crippen LogP contribution in [-0.2, 0) is 12.8 Å². The smallest absolute Gasteiger partial charge is 0.0820 e. The number of hydrogen-bond donors (Lipinski definition) is 0. The van der Waals surface area contributed by atoms with Gasteiger partial charge in [-0.25, -0.2) is 4.98 Å². The molecule has 1 aromatic heterocycles. The Balaban J connectivity index is 1.48. The van der Waals surface area contributed by atoms with E-state index in [1.165, 1.54) is 22.3 Å². The van der Waals surface area contributed by atoms with Gasteiger partial charge in [0.05, 0.1) is 35.2 Å². The molecule has 5 aromatic rings. The van der Waals surface area contributed by atoms with Crippen LogP contribution in [0.4, 0.5) is 11.4 Å². The summed E-state index contributed by atoms with van der Waals surface area (Å²) in [6.45, 7) is 4.41. The first-order valence-electron chi connectivity index (χ1n) is 14.2. The number of aromatic nitrogens is 1. The third kappa shape index (κ3) is 6.50. The zero-order valence-corrected chi connectivity index (χ0v) is 23.3. The number of rotatable bonds is 10. The number of benzene rings is 4. The van der Waals surface area contributed by atoms with Crippen molar-refractivity contribution in [2.45, 2.75) is 39.5 Å². The first-order chi connectivity index (χ1) is 19.8. The Morgan fingerprint density at radius 1 is 0.500 bits per heavy atom. The van der Waals surface area contributed by atoms with Crippen LogP contribution in [-0.4, -0.2) is 17.4 Å². The molecule has 40 heavy (non-hydrogen) atoms. The molecular formula is C37H35N3. The molecule has 0 fully saturated rings. The third-order valence-electron chi connectivity index (χ3n) is 6.89. The molecule has 4 aromatic carbocycles. The molecule has 0 aliphatic carbocycles. The minimum atomic E-state index is 0.805. The molecule has 0 aliphatic rings. The van der Waals surface area contributed by atoms with Crippen molar-refractivity contribution in [3.05, 3.63) is 138 Å². The number of para-hydroxylation sites is 2. The molecule has 0 N–H and O–H groups in total.